The highest BCUT2D eigenvalue weighted by Gasteiger charge is 2.22. The molecule has 1 saturated heterocycles. The number of nitrogens with zero attached hydrogens (tertiary/aromatic N) is 2. The minimum absolute atomic E-state index is 0.0878. The Labute approximate surface area is 138 Å². The molecular formula is C17H27N5O. The van der Waals surface area contributed by atoms with Gasteiger partial charge in [-0.3, -0.25) is 14.7 Å². The highest BCUT2D eigenvalue weighted by atomic mass is 16.1. The maximum atomic E-state index is 11.9. The summed E-state index contributed by atoms with van der Waals surface area (Å²) in [6, 6.07) is 9.99. The Balaban J connectivity index is 1.71. The summed E-state index contributed by atoms with van der Waals surface area (Å²) in [6.07, 6.45) is 2.47. The van der Waals surface area contributed by atoms with Crippen molar-refractivity contribution in [1.82, 2.24) is 15.5 Å². The first-order valence-corrected chi connectivity index (χ1v) is 8.26. The Kier molecular flexibility index (Phi) is 6.87. The van der Waals surface area contributed by atoms with Crippen molar-refractivity contribution in [3.63, 3.8) is 0 Å². The summed E-state index contributed by atoms with van der Waals surface area (Å²) in [5.74, 6) is 0.575. The third kappa shape index (κ3) is 5.56. The zero-order valence-corrected chi connectivity index (χ0v) is 14.0. The van der Waals surface area contributed by atoms with E-state index < -0.39 is 0 Å². The minimum atomic E-state index is -0.0878. The lowest BCUT2D eigenvalue weighted by Gasteiger charge is -2.23. The van der Waals surface area contributed by atoms with Crippen LogP contribution in [0.25, 0.3) is 0 Å². The molecule has 126 valence electrons. The zero-order valence-electron chi connectivity index (χ0n) is 14.0. The van der Waals surface area contributed by atoms with Crippen LogP contribution in [0.4, 0.5) is 5.69 Å². The van der Waals surface area contributed by atoms with Crippen molar-refractivity contribution in [2.45, 2.75) is 25.8 Å². The molecule has 1 aliphatic rings. The fourth-order valence-electron chi connectivity index (χ4n) is 2.87. The van der Waals surface area contributed by atoms with Crippen LogP contribution < -0.4 is 16.0 Å². The van der Waals surface area contributed by atoms with Crippen LogP contribution in [-0.2, 0) is 4.79 Å². The second-order valence-electron chi connectivity index (χ2n) is 5.65. The summed E-state index contributed by atoms with van der Waals surface area (Å²) in [5.41, 5.74) is 0.798. The van der Waals surface area contributed by atoms with Crippen LogP contribution in [0.1, 0.15) is 19.8 Å². The first kappa shape index (κ1) is 17.3. The Morgan fingerprint density at radius 2 is 2.09 bits per heavy atom. The molecule has 0 bridgehead atoms. The van der Waals surface area contributed by atoms with Gasteiger partial charge in [0.25, 0.3) is 0 Å². The number of nitrogens with one attached hydrogen (secondary N) is 3. The van der Waals surface area contributed by atoms with Gasteiger partial charge >= 0.3 is 0 Å². The quantitative estimate of drug-likeness (QED) is 0.546. The number of likely N-dealkylation sites (N-methyl/N-ethyl adjacent to an activating group) is 1. The number of hydrogen-bond acceptors (Lipinski definition) is 3. The predicted octanol–water partition coefficient (Wildman–Crippen LogP) is 1.27. The zero-order chi connectivity index (χ0) is 16.5. The third-order valence-corrected chi connectivity index (χ3v) is 4.11. The van der Waals surface area contributed by atoms with E-state index in [0.29, 0.717) is 12.0 Å². The van der Waals surface area contributed by atoms with Gasteiger partial charge < -0.3 is 16.0 Å². The highest BCUT2D eigenvalue weighted by Crippen LogP contribution is 2.15. The lowest BCUT2D eigenvalue weighted by atomic mass is 10.2. The van der Waals surface area contributed by atoms with Crippen molar-refractivity contribution in [3.8, 4) is 0 Å². The third-order valence-electron chi connectivity index (χ3n) is 4.11. The van der Waals surface area contributed by atoms with Gasteiger partial charge in [0.1, 0.15) is 0 Å². The van der Waals surface area contributed by atoms with E-state index in [1.54, 1.807) is 7.05 Å². The molecule has 1 heterocycles. The molecule has 23 heavy (non-hydrogen) atoms. The van der Waals surface area contributed by atoms with Crippen LogP contribution in [-0.4, -0.2) is 56.0 Å². The highest BCUT2D eigenvalue weighted by molar-refractivity contribution is 5.94. The van der Waals surface area contributed by atoms with E-state index in [1.165, 1.54) is 19.4 Å². The summed E-state index contributed by atoms with van der Waals surface area (Å²) in [4.78, 5) is 18.6. The summed E-state index contributed by atoms with van der Waals surface area (Å²) >= 11 is 0. The van der Waals surface area contributed by atoms with Crippen molar-refractivity contribution in [2.24, 2.45) is 4.99 Å². The molecule has 1 amide bonds. The molecule has 1 aliphatic heterocycles. The standard InChI is InChI=1S/C17H27N5O/c1-3-22-11-7-10-15(22)12-19-17(18-2)20-13-16(23)21-14-8-5-4-6-9-14/h4-6,8-9,15H,3,7,10-13H2,1-2H3,(H,21,23)(H2,18,19,20). The van der Waals surface area contributed by atoms with Gasteiger partial charge in [0, 0.05) is 25.3 Å². The Morgan fingerprint density at radius 1 is 1.30 bits per heavy atom. The largest absolute Gasteiger partial charge is 0.355 e. The molecule has 6 nitrogen and oxygen atoms in total. The molecule has 0 aromatic heterocycles. The number of anilines is 1. The van der Waals surface area contributed by atoms with Crippen molar-refractivity contribution < 1.29 is 4.79 Å². The minimum Gasteiger partial charge on any atom is -0.355 e. The van der Waals surface area contributed by atoms with Crippen LogP contribution in [0, 0.1) is 0 Å². The summed E-state index contributed by atoms with van der Waals surface area (Å²) in [6.45, 7) is 5.50. The Bertz CT molecular complexity index is 517. The normalized spacial score (nSPS) is 18.7. The smallest absolute Gasteiger partial charge is 0.243 e. The Hall–Kier alpha value is -2.08. The van der Waals surface area contributed by atoms with Crippen molar-refractivity contribution >= 4 is 17.6 Å². The monoisotopic (exact) mass is 317 g/mol. The fourth-order valence-corrected chi connectivity index (χ4v) is 2.87. The number of carbonyl (C=O) groups excluding carboxylic acids is 1. The lowest BCUT2D eigenvalue weighted by molar-refractivity contribution is -0.115. The molecule has 0 spiro atoms. The second-order valence-corrected chi connectivity index (χ2v) is 5.65. The SMILES string of the molecule is CCN1CCCC1CNC(=NC)NCC(=O)Nc1ccccc1. The van der Waals surface area contributed by atoms with E-state index in [9.17, 15) is 4.79 Å². The number of hydrogen-bond donors (Lipinski definition) is 3. The van der Waals surface area contributed by atoms with E-state index in [2.05, 4.69) is 32.8 Å². The molecule has 1 atom stereocenters. The van der Waals surface area contributed by atoms with E-state index >= 15 is 0 Å². The molecule has 0 radical (unpaired) electrons. The number of aliphatic imine (C=N–C) groups is 1. The van der Waals surface area contributed by atoms with Gasteiger partial charge in [0.2, 0.25) is 5.91 Å². The van der Waals surface area contributed by atoms with Crippen molar-refractivity contribution in [2.75, 3.05) is 38.5 Å². The van der Waals surface area contributed by atoms with Crippen LogP contribution in [0.3, 0.4) is 0 Å². The molecule has 1 aromatic carbocycles. The number of carbonyl (C=O) groups is 1. The number of para-hydroxylation sites is 1. The van der Waals surface area contributed by atoms with E-state index in [0.717, 1.165) is 18.8 Å². The molecule has 6 heteroatoms. The number of rotatable bonds is 6. The Morgan fingerprint density at radius 3 is 2.78 bits per heavy atom. The van der Waals surface area contributed by atoms with Gasteiger partial charge in [-0.05, 0) is 38.1 Å². The lowest BCUT2D eigenvalue weighted by Crippen LogP contribution is -2.46. The summed E-state index contributed by atoms with van der Waals surface area (Å²) in [7, 11) is 1.72. The molecule has 2 rings (SSSR count). The average molecular weight is 317 g/mol. The summed E-state index contributed by atoms with van der Waals surface area (Å²) < 4.78 is 0. The molecular weight excluding hydrogens is 290 g/mol. The van der Waals surface area contributed by atoms with Crippen LogP contribution in [0.15, 0.2) is 35.3 Å². The average Bonchev–Trinajstić information content (AvgIpc) is 3.03. The van der Waals surface area contributed by atoms with Crippen LogP contribution >= 0.6 is 0 Å². The topological polar surface area (TPSA) is 68.8 Å². The maximum absolute atomic E-state index is 11.9. The molecule has 0 saturated carbocycles. The van der Waals surface area contributed by atoms with Gasteiger partial charge in [-0.2, -0.15) is 0 Å². The molecule has 3 N–H and O–H groups in total. The number of benzene rings is 1. The molecule has 1 unspecified atom stereocenters. The van der Waals surface area contributed by atoms with Gasteiger partial charge in [-0.25, -0.2) is 0 Å². The number of guanidine groups is 1. The van der Waals surface area contributed by atoms with Gasteiger partial charge in [-0.15, -0.1) is 0 Å². The van der Waals surface area contributed by atoms with E-state index in [-0.39, 0.29) is 12.5 Å². The fraction of sp³-hybridized carbons (Fsp3) is 0.529. The van der Waals surface area contributed by atoms with Crippen molar-refractivity contribution in [1.29, 1.82) is 0 Å². The van der Waals surface area contributed by atoms with Gasteiger partial charge in [0.15, 0.2) is 5.96 Å². The van der Waals surface area contributed by atoms with Gasteiger partial charge in [0.05, 0.1) is 6.54 Å². The summed E-state index contributed by atoms with van der Waals surface area (Å²) in [5, 5.41) is 9.21. The van der Waals surface area contributed by atoms with Crippen molar-refractivity contribution in [3.05, 3.63) is 30.3 Å². The number of amides is 1. The first-order chi connectivity index (χ1) is 11.2. The van der Waals surface area contributed by atoms with E-state index in [1.807, 2.05) is 30.3 Å². The second kappa shape index (κ2) is 9.15. The number of likely N-dealkylation sites (tertiary alicyclic amines) is 1. The van der Waals surface area contributed by atoms with Crippen LogP contribution in [0.2, 0.25) is 0 Å². The molecule has 0 aliphatic carbocycles. The van der Waals surface area contributed by atoms with Crippen LogP contribution in [0.5, 0.6) is 0 Å². The molecule has 1 fully saturated rings. The van der Waals surface area contributed by atoms with Gasteiger partial charge in [-0.1, -0.05) is 25.1 Å². The first-order valence-electron chi connectivity index (χ1n) is 8.26. The maximum Gasteiger partial charge on any atom is 0.243 e. The van der Waals surface area contributed by atoms with E-state index in [4.69, 9.17) is 0 Å². The molecule has 1 aromatic rings. The predicted molar refractivity (Wildman–Crippen MR) is 94.7 cm³/mol.